The number of hydrogen-bond donors (Lipinski definition) is 1. The van der Waals surface area contributed by atoms with E-state index >= 15 is 0 Å². The second-order valence-corrected chi connectivity index (χ2v) is 11.0. The standard InChI is InChI=1S/C25H33N5O3S/c1-19(2)24(28-34(3,31)32)25-27-26-23-13-14-29(15-16-30(23)25)17-20-9-11-22(12-10-20)33-18-21-7-5-4-6-8-21/h4-12,19,24,28H,13-18H2,1-3H3/t24-/m1/s1. The molecule has 0 radical (unpaired) electrons. The Morgan fingerprint density at radius 1 is 0.971 bits per heavy atom. The number of sulfonamides is 1. The van der Waals surface area contributed by atoms with Crippen molar-refractivity contribution in [3.8, 4) is 5.75 Å². The molecule has 0 bridgehead atoms. The molecule has 9 heteroatoms. The normalized spacial score (nSPS) is 15.6. The fourth-order valence-corrected chi connectivity index (χ4v) is 5.02. The van der Waals surface area contributed by atoms with Gasteiger partial charge in [0.1, 0.15) is 18.2 Å². The second kappa shape index (κ2) is 10.7. The van der Waals surface area contributed by atoms with Crippen LogP contribution in [0.1, 0.15) is 42.7 Å². The quantitative estimate of drug-likeness (QED) is 0.503. The molecule has 3 aromatic rings. The largest absolute Gasteiger partial charge is 0.489 e. The van der Waals surface area contributed by atoms with Gasteiger partial charge in [0.05, 0.1) is 12.3 Å². The average Bonchev–Trinajstić information content (AvgIpc) is 3.10. The summed E-state index contributed by atoms with van der Waals surface area (Å²) in [5, 5.41) is 8.74. The zero-order chi connectivity index (χ0) is 24.1. The molecule has 34 heavy (non-hydrogen) atoms. The van der Waals surface area contributed by atoms with Crippen molar-refractivity contribution in [1.82, 2.24) is 24.4 Å². The van der Waals surface area contributed by atoms with Gasteiger partial charge in [0.25, 0.3) is 0 Å². The lowest BCUT2D eigenvalue weighted by Gasteiger charge is -2.22. The number of aromatic nitrogens is 3. The number of nitrogens with one attached hydrogen (secondary N) is 1. The van der Waals surface area contributed by atoms with E-state index in [2.05, 4.69) is 48.7 Å². The summed E-state index contributed by atoms with van der Waals surface area (Å²) in [4.78, 5) is 2.40. The van der Waals surface area contributed by atoms with Crippen molar-refractivity contribution in [1.29, 1.82) is 0 Å². The maximum Gasteiger partial charge on any atom is 0.209 e. The first kappa shape index (κ1) is 24.4. The summed E-state index contributed by atoms with van der Waals surface area (Å²) in [6.45, 7) is 7.80. The van der Waals surface area contributed by atoms with Crippen LogP contribution in [0.15, 0.2) is 54.6 Å². The van der Waals surface area contributed by atoms with Crippen LogP contribution in [0.4, 0.5) is 0 Å². The van der Waals surface area contributed by atoms with Crippen LogP contribution >= 0.6 is 0 Å². The first-order chi connectivity index (χ1) is 16.3. The molecule has 0 fully saturated rings. The molecule has 1 aromatic heterocycles. The Hall–Kier alpha value is -2.75. The zero-order valence-corrected chi connectivity index (χ0v) is 20.8. The van der Waals surface area contributed by atoms with Crippen molar-refractivity contribution in [3.63, 3.8) is 0 Å². The minimum Gasteiger partial charge on any atom is -0.489 e. The number of benzene rings is 2. The van der Waals surface area contributed by atoms with Crippen LogP contribution in [0.3, 0.4) is 0 Å². The van der Waals surface area contributed by atoms with Gasteiger partial charge < -0.3 is 9.30 Å². The summed E-state index contributed by atoms with van der Waals surface area (Å²) >= 11 is 0. The van der Waals surface area contributed by atoms with E-state index in [-0.39, 0.29) is 5.92 Å². The van der Waals surface area contributed by atoms with Crippen molar-refractivity contribution in [2.24, 2.45) is 5.92 Å². The van der Waals surface area contributed by atoms with E-state index in [1.165, 1.54) is 11.8 Å². The number of hydrogen-bond acceptors (Lipinski definition) is 6. The third-order valence-corrected chi connectivity index (χ3v) is 6.69. The average molecular weight is 484 g/mol. The van der Waals surface area contributed by atoms with Crippen molar-refractivity contribution >= 4 is 10.0 Å². The summed E-state index contributed by atoms with van der Waals surface area (Å²) in [6, 6.07) is 18.0. The fraction of sp³-hybridized carbons (Fsp3) is 0.440. The highest BCUT2D eigenvalue weighted by Gasteiger charge is 2.28. The Kier molecular flexibility index (Phi) is 7.65. The van der Waals surface area contributed by atoms with Gasteiger partial charge in [-0.1, -0.05) is 56.3 Å². The first-order valence-corrected chi connectivity index (χ1v) is 13.5. The summed E-state index contributed by atoms with van der Waals surface area (Å²) in [6.07, 6.45) is 1.96. The Labute approximate surface area is 202 Å². The molecule has 8 nitrogen and oxygen atoms in total. The van der Waals surface area contributed by atoms with E-state index in [4.69, 9.17) is 4.74 Å². The van der Waals surface area contributed by atoms with Crippen LogP contribution in [-0.4, -0.2) is 47.4 Å². The molecule has 0 aliphatic carbocycles. The van der Waals surface area contributed by atoms with Gasteiger partial charge in [0.2, 0.25) is 10.0 Å². The second-order valence-electron chi connectivity index (χ2n) is 9.18. The molecule has 0 saturated heterocycles. The third kappa shape index (κ3) is 6.43. The lowest BCUT2D eigenvalue weighted by atomic mass is 10.1. The van der Waals surface area contributed by atoms with Crippen LogP contribution < -0.4 is 9.46 Å². The van der Waals surface area contributed by atoms with E-state index in [1.54, 1.807) is 0 Å². The summed E-state index contributed by atoms with van der Waals surface area (Å²) < 4.78 is 34.5. The van der Waals surface area contributed by atoms with Gasteiger partial charge in [0, 0.05) is 32.6 Å². The minimum atomic E-state index is -3.36. The highest BCUT2D eigenvalue weighted by Crippen LogP contribution is 2.24. The van der Waals surface area contributed by atoms with Gasteiger partial charge in [-0.05, 0) is 29.2 Å². The van der Waals surface area contributed by atoms with Crippen molar-refractivity contribution < 1.29 is 13.2 Å². The molecule has 1 aliphatic heterocycles. The number of ether oxygens (including phenoxy) is 1. The molecular weight excluding hydrogens is 450 g/mol. The fourth-order valence-electron chi connectivity index (χ4n) is 4.19. The molecule has 0 spiro atoms. The number of nitrogens with zero attached hydrogens (tertiary/aromatic N) is 4. The summed E-state index contributed by atoms with van der Waals surface area (Å²) in [5.74, 6) is 2.52. The van der Waals surface area contributed by atoms with Gasteiger partial charge in [-0.2, -0.15) is 0 Å². The summed E-state index contributed by atoms with van der Waals surface area (Å²) in [7, 11) is -3.36. The summed E-state index contributed by atoms with van der Waals surface area (Å²) in [5.41, 5.74) is 2.37. The Morgan fingerprint density at radius 2 is 1.71 bits per heavy atom. The van der Waals surface area contributed by atoms with E-state index in [9.17, 15) is 8.42 Å². The highest BCUT2D eigenvalue weighted by molar-refractivity contribution is 7.88. The molecule has 0 amide bonds. The van der Waals surface area contributed by atoms with Crippen molar-refractivity contribution in [2.45, 2.75) is 46.0 Å². The van der Waals surface area contributed by atoms with Crippen LogP contribution in [0, 0.1) is 5.92 Å². The van der Waals surface area contributed by atoms with Crippen LogP contribution in [0.25, 0.3) is 0 Å². The molecule has 2 heterocycles. The Morgan fingerprint density at radius 3 is 2.38 bits per heavy atom. The number of fused-ring (bicyclic) bond motifs is 1. The van der Waals surface area contributed by atoms with Gasteiger partial charge in [-0.3, -0.25) is 4.90 Å². The van der Waals surface area contributed by atoms with Crippen LogP contribution in [-0.2, 0) is 36.1 Å². The molecular formula is C25H33N5O3S. The van der Waals surface area contributed by atoms with Crippen molar-refractivity contribution in [3.05, 3.63) is 77.4 Å². The van der Waals surface area contributed by atoms with Gasteiger partial charge in [-0.25, -0.2) is 13.1 Å². The van der Waals surface area contributed by atoms with Gasteiger partial charge in [0.15, 0.2) is 5.82 Å². The predicted octanol–water partition coefficient (Wildman–Crippen LogP) is 3.16. The third-order valence-electron chi connectivity index (χ3n) is 6.01. The monoisotopic (exact) mass is 483 g/mol. The first-order valence-electron chi connectivity index (χ1n) is 11.7. The lowest BCUT2D eigenvalue weighted by molar-refractivity contribution is 0.268. The SMILES string of the molecule is CC(C)[C@@H](NS(C)(=O)=O)c1nnc2n1CCN(Cc1ccc(OCc3ccccc3)cc1)CC2. The molecule has 0 unspecified atom stereocenters. The Balaban J connectivity index is 1.36. The minimum absolute atomic E-state index is 0.0602. The van der Waals surface area contributed by atoms with E-state index in [1.807, 2.05) is 44.2 Å². The van der Waals surface area contributed by atoms with Gasteiger partial charge >= 0.3 is 0 Å². The maximum atomic E-state index is 11.9. The van der Waals surface area contributed by atoms with Crippen LogP contribution in [0.2, 0.25) is 0 Å². The predicted molar refractivity (Wildman–Crippen MR) is 132 cm³/mol. The molecule has 0 saturated carbocycles. The van der Waals surface area contributed by atoms with E-state index in [0.717, 1.165) is 49.7 Å². The molecule has 1 aliphatic rings. The van der Waals surface area contributed by atoms with Crippen molar-refractivity contribution in [2.75, 3.05) is 19.3 Å². The van der Waals surface area contributed by atoms with Gasteiger partial charge in [-0.15, -0.1) is 10.2 Å². The molecule has 1 atom stereocenters. The molecule has 1 N–H and O–H groups in total. The van der Waals surface area contributed by atoms with E-state index in [0.29, 0.717) is 12.4 Å². The smallest absolute Gasteiger partial charge is 0.209 e. The Bertz CT molecular complexity index is 1180. The molecule has 4 rings (SSSR count). The highest BCUT2D eigenvalue weighted by atomic mass is 32.2. The lowest BCUT2D eigenvalue weighted by Crippen LogP contribution is -2.33. The molecule has 2 aromatic carbocycles. The maximum absolute atomic E-state index is 11.9. The topological polar surface area (TPSA) is 89.3 Å². The van der Waals surface area contributed by atoms with Crippen LogP contribution in [0.5, 0.6) is 5.75 Å². The molecule has 182 valence electrons. The van der Waals surface area contributed by atoms with E-state index < -0.39 is 16.1 Å². The zero-order valence-electron chi connectivity index (χ0n) is 20.0. The number of rotatable bonds is 9.